The van der Waals surface area contributed by atoms with Crippen molar-refractivity contribution in [3.8, 4) is 5.88 Å². The second-order valence-electron chi connectivity index (χ2n) is 6.13. The van der Waals surface area contributed by atoms with Crippen molar-refractivity contribution < 1.29 is 27.4 Å². The molecule has 25 heavy (non-hydrogen) atoms. The van der Waals surface area contributed by atoms with E-state index >= 15 is 0 Å². The first kappa shape index (κ1) is 19.5. The summed E-state index contributed by atoms with van der Waals surface area (Å²) in [5.74, 6) is -0.845. The zero-order chi connectivity index (χ0) is 18.3. The van der Waals surface area contributed by atoms with Gasteiger partial charge in [0.15, 0.2) is 6.61 Å². The molecule has 2 N–H and O–H groups in total. The monoisotopic (exact) mass is 361 g/mol. The molecule has 1 amide bonds. The zero-order valence-electron chi connectivity index (χ0n) is 14.0. The molecule has 1 aliphatic rings. The lowest BCUT2D eigenvalue weighted by Gasteiger charge is -2.37. The molecule has 0 radical (unpaired) electrons. The molecule has 2 rings (SSSR count). The summed E-state index contributed by atoms with van der Waals surface area (Å²) in [7, 11) is 1.61. The van der Waals surface area contributed by atoms with Crippen LogP contribution in [0.1, 0.15) is 23.2 Å². The summed E-state index contributed by atoms with van der Waals surface area (Å²) in [5.41, 5.74) is -0.210. The number of hydrogen-bond donors (Lipinski definition) is 2. The number of aromatic nitrogens is 1. The van der Waals surface area contributed by atoms with Crippen LogP contribution in [-0.4, -0.2) is 57.0 Å². The topological polar surface area (TPSA) is 72.5 Å². The molecule has 1 fully saturated rings. The maximum absolute atomic E-state index is 12.4. The molecule has 140 valence electrons. The molecule has 0 bridgehead atoms. The van der Waals surface area contributed by atoms with Crippen molar-refractivity contribution in [2.24, 2.45) is 5.41 Å². The van der Waals surface area contributed by atoms with Gasteiger partial charge in [-0.3, -0.25) is 4.79 Å². The van der Waals surface area contributed by atoms with Crippen molar-refractivity contribution in [2.75, 3.05) is 40.0 Å². The number of hydrogen-bond acceptors (Lipinski definition) is 5. The number of carbonyl (C=O) groups excluding carboxylic acids is 1. The Hall–Kier alpha value is -1.87. The fourth-order valence-electron chi connectivity index (χ4n) is 2.83. The Kier molecular flexibility index (Phi) is 6.60. The molecule has 9 heteroatoms. The number of ether oxygens (including phenoxy) is 2. The standard InChI is InChI=1S/C16H22F3N3O3/c1-24-10-15(4-7-20-8-5-15)9-22-13(23)12-3-2-6-21-14(12)25-11-16(17,18)19/h2-3,6,20H,4-5,7-11H2,1H3,(H,22,23). The molecule has 1 aromatic rings. The third kappa shape index (κ3) is 5.86. The van der Waals surface area contributed by atoms with Crippen molar-refractivity contribution in [3.05, 3.63) is 23.9 Å². The van der Waals surface area contributed by atoms with Crippen molar-refractivity contribution in [2.45, 2.75) is 19.0 Å². The minimum absolute atomic E-state index is 0.0201. The lowest BCUT2D eigenvalue weighted by atomic mass is 9.79. The number of methoxy groups -OCH3 is 1. The molecular formula is C16H22F3N3O3. The van der Waals surface area contributed by atoms with Gasteiger partial charge in [-0.2, -0.15) is 13.2 Å². The fraction of sp³-hybridized carbons (Fsp3) is 0.625. The average Bonchev–Trinajstić information content (AvgIpc) is 2.59. The van der Waals surface area contributed by atoms with E-state index in [1.807, 2.05) is 0 Å². The summed E-state index contributed by atoms with van der Waals surface area (Å²) in [6.45, 7) is 1.02. The van der Waals surface area contributed by atoms with Gasteiger partial charge in [-0.15, -0.1) is 0 Å². The van der Waals surface area contributed by atoms with Crippen molar-refractivity contribution in [3.63, 3.8) is 0 Å². The summed E-state index contributed by atoms with van der Waals surface area (Å²) in [6.07, 6.45) is -1.54. The first-order valence-electron chi connectivity index (χ1n) is 7.98. The van der Waals surface area contributed by atoms with Crippen LogP contribution in [0, 0.1) is 5.41 Å². The highest BCUT2D eigenvalue weighted by Crippen LogP contribution is 2.28. The Bertz CT molecular complexity index is 570. The second-order valence-corrected chi connectivity index (χ2v) is 6.13. The Balaban J connectivity index is 2.02. The molecule has 0 aliphatic carbocycles. The Morgan fingerprint density at radius 2 is 2.12 bits per heavy atom. The lowest BCUT2D eigenvalue weighted by molar-refractivity contribution is -0.154. The SMILES string of the molecule is COCC1(CNC(=O)c2cccnc2OCC(F)(F)F)CCNCC1. The minimum Gasteiger partial charge on any atom is -0.467 e. The van der Waals surface area contributed by atoms with E-state index in [1.54, 1.807) is 7.11 Å². The predicted octanol–water partition coefficient (Wildman–Crippen LogP) is 1.77. The van der Waals surface area contributed by atoms with Crippen LogP contribution in [0.15, 0.2) is 18.3 Å². The predicted molar refractivity (Wildman–Crippen MR) is 84.5 cm³/mol. The quantitative estimate of drug-likeness (QED) is 0.774. The van der Waals surface area contributed by atoms with Gasteiger partial charge >= 0.3 is 6.18 Å². The molecule has 0 spiro atoms. The molecule has 0 unspecified atom stereocenters. The van der Waals surface area contributed by atoms with Crippen LogP contribution in [0.3, 0.4) is 0 Å². The van der Waals surface area contributed by atoms with E-state index in [1.165, 1.54) is 18.3 Å². The molecule has 1 aromatic heterocycles. The summed E-state index contributed by atoms with van der Waals surface area (Å²) in [6, 6.07) is 2.87. The largest absolute Gasteiger partial charge is 0.467 e. The van der Waals surface area contributed by atoms with E-state index in [2.05, 4.69) is 20.4 Å². The maximum Gasteiger partial charge on any atom is 0.422 e. The number of amides is 1. The summed E-state index contributed by atoms with van der Waals surface area (Å²) < 4.78 is 46.9. The van der Waals surface area contributed by atoms with Crippen LogP contribution < -0.4 is 15.4 Å². The summed E-state index contributed by atoms with van der Waals surface area (Å²) in [5, 5.41) is 6.04. The minimum atomic E-state index is -4.50. The van der Waals surface area contributed by atoms with Gasteiger partial charge in [0, 0.05) is 25.3 Å². The number of halogens is 3. The van der Waals surface area contributed by atoms with Gasteiger partial charge in [0.1, 0.15) is 5.56 Å². The summed E-state index contributed by atoms with van der Waals surface area (Å²) >= 11 is 0. The van der Waals surface area contributed by atoms with Crippen LogP contribution in [0.2, 0.25) is 0 Å². The first-order valence-corrected chi connectivity index (χ1v) is 7.98. The van der Waals surface area contributed by atoms with Gasteiger partial charge in [-0.05, 0) is 38.1 Å². The zero-order valence-corrected chi connectivity index (χ0v) is 14.0. The van der Waals surface area contributed by atoms with E-state index in [0.29, 0.717) is 13.2 Å². The number of carbonyl (C=O) groups is 1. The van der Waals surface area contributed by atoms with E-state index in [0.717, 1.165) is 25.9 Å². The summed E-state index contributed by atoms with van der Waals surface area (Å²) in [4.78, 5) is 16.1. The van der Waals surface area contributed by atoms with Gasteiger partial charge in [0.05, 0.1) is 6.61 Å². The Morgan fingerprint density at radius 1 is 1.40 bits per heavy atom. The van der Waals surface area contributed by atoms with Crippen LogP contribution in [0.25, 0.3) is 0 Å². The number of alkyl halides is 3. The van der Waals surface area contributed by atoms with Crippen LogP contribution >= 0.6 is 0 Å². The third-order valence-electron chi connectivity index (χ3n) is 4.13. The van der Waals surface area contributed by atoms with Crippen LogP contribution in [0.5, 0.6) is 5.88 Å². The van der Waals surface area contributed by atoms with Crippen LogP contribution in [0.4, 0.5) is 13.2 Å². The molecular weight excluding hydrogens is 339 g/mol. The fourth-order valence-corrected chi connectivity index (χ4v) is 2.83. The Morgan fingerprint density at radius 3 is 2.76 bits per heavy atom. The van der Waals surface area contributed by atoms with Gasteiger partial charge in [-0.25, -0.2) is 4.98 Å². The highest BCUT2D eigenvalue weighted by Gasteiger charge is 2.33. The second kappa shape index (κ2) is 8.48. The van der Waals surface area contributed by atoms with Crippen LogP contribution in [-0.2, 0) is 4.74 Å². The molecule has 0 atom stereocenters. The van der Waals surface area contributed by atoms with E-state index in [9.17, 15) is 18.0 Å². The average molecular weight is 361 g/mol. The van der Waals surface area contributed by atoms with E-state index in [4.69, 9.17) is 4.74 Å². The van der Waals surface area contributed by atoms with Gasteiger partial charge in [-0.1, -0.05) is 0 Å². The highest BCUT2D eigenvalue weighted by molar-refractivity contribution is 5.96. The van der Waals surface area contributed by atoms with Crippen molar-refractivity contribution >= 4 is 5.91 Å². The smallest absolute Gasteiger partial charge is 0.422 e. The first-order chi connectivity index (χ1) is 11.9. The number of piperidine rings is 1. The molecule has 1 aliphatic heterocycles. The van der Waals surface area contributed by atoms with Gasteiger partial charge in [0.25, 0.3) is 5.91 Å². The third-order valence-corrected chi connectivity index (χ3v) is 4.13. The molecule has 1 saturated heterocycles. The molecule has 0 aromatic carbocycles. The Labute approximate surface area is 144 Å². The lowest BCUT2D eigenvalue weighted by Crippen LogP contribution is -2.47. The van der Waals surface area contributed by atoms with E-state index in [-0.39, 0.29) is 16.9 Å². The molecule has 2 heterocycles. The number of nitrogens with one attached hydrogen (secondary N) is 2. The number of rotatable bonds is 7. The number of nitrogens with zero attached hydrogens (tertiary/aromatic N) is 1. The molecule has 0 saturated carbocycles. The van der Waals surface area contributed by atoms with Crippen molar-refractivity contribution in [1.82, 2.24) is 15.6 Å². The molecule has 6 nitrogen and oxygen atoms in total. The van der Waals surface area contributed by atoms with Crippen molar-refractivity contribution in [1.29, 1.82) is 0 Å². The normalized spacial score (nSPS) is 17.1. The maximum atomic E-state index is 12.4. The highest BCUT2D eigenvalue weighted by atomic mass is 19.4. The van der Waals surface area contributed by atoms with Gasteiger partial charge < -0.3 is 20.1 Å². The number of pyridine rings is 1. The van der Waals surface area contributed by atoms with Gasteiger partial charge in [0.2, 0.25) is 5.88 Å². The van der Waals surface area contributed by atoms with E-state index < -0.39 is 18.7 Å².